The minimum atomic E-state index is -1.18. The predicted molar refractivity (Wildman–Crippen MR) is 32.5 cm³/mol. The summed E-state index contributed by atoms with van der Waals surface area (Å²) in [4.78, 5) is 10.1. The summed E-state index contributed by atoms with van der Waals surface area (Å²) in [6, 6.07) is 0. The number of carboxylic acid groups (broad SMARTS) is 1. The van der Waals surface area contributed by atoms with Gasteiger partial charge in [0.05, 0.1) is 0 Å². The van der Waals surface area contributed by atoms with E-state index in [1.165, 1.54) is 0 Å². The van der Waals surface area contributed by atoms with Crippen molar-refractivity contribution < 1.29 is 14.6 Å². The number of piperidine rings is 1. The summed E-state index contributed by atoms with van der Waals surface area (Å²) < 4.78 is 4.57. The van der Waals surface area contributed by atoms with Gasteiger partial charge in [-0.25, -0.2) is 4.79 Å². The van der Waals surface area contributed by atoms with Crippen LogP contribution in [0.2, 0.25) is 0 Å². The molecular formula is C6H9NO3. The largest absolute Gasteiger partial charge is 0.507 e. The van der Waals surface area contributed by atoms with Crippen LogP contribution >= 0.6 is 0 Å². The molecule has 2 fully saturated rings. The lowest BCUT2D eigenvalue weighted by Gasteiger charge is -2.10. The van der Waals surface area contributed by atoms with Crippen molar-refractivity contribution in [3.8, 4) is 0 Å². The molecule has 0 aromatic heterocycles. The maximum atomic E-state index is 10.1. The van der Waals surface area contributed by atoms with Crippen LogP contribution in [-0.4, -0.2) is 24.0 Å². The fourth-order valence-electron chi connectivity index (χ4n) is 1.53. The van der Waals surface area contributed by atoms with Crippen molar-refractivity contribution in [2.24, 2.45) is 11.8 Å². The highest BCUT2D eigenvalue weighted by molar-refractivity contribution is 5.57. The Labute approximate surface area is 58.2 Å². The van der Waals surface area contributed by atoms with Crippen LogP contribution in [0.1, 0.15) is 6.42 Å². The van der Waals surface area contributed by atoms with Crippen LogP contribution < -0.4 is 5.32 Å². The van der Waals surface area contributed by atoms with Crippen molar-refractivity contribution in [1.29, 1.82) is 0 Å². The van der Waals surface area contributed by atoms with Crippen LogP contribution in [-0.2, 0) is 4.74 Å². The topological polar surface area (TPSA) is 58.6 Å². The van der Waals surface area contributed by atoms with Gasteiger partial charge in [-0.1, -0.05) is 0 Å². The fraction of sp³-hybridized carbons (Fsp3) is 0.833. The maximum Gasteiger partial charge on any atom is 0.507 e. The quantitative estimate of drug-likeness (QED) is 0.516. The zero-order valence-electron chi connectivity index (χ0n) is 5.41. The van der Waals surface area contributed by atoms with Gasteiger partial charge in [0.2, 0.25) is 0 Å². The van der Waals surface area contributed by atoms with E-state index in [1.54, 1.807) is 0 Å². The van der Waals surface area contributed by atoms with Crippen LogP contribution in [0, 0.1) is 11.8 Å². The fourth-order valence-corrected chi connectivity index (χ4v) is 1.53. The summed E-state index contributed by atoms with van der Waals surface area (Å²) in [5, 5.41) is 11.2. The number of carbonyl (C=O) groups is 1. The number of nitrogens with one attached hydrogen (secondary N) is 1. The maximum absolute atomic E-state index is 10.1. The lowest BCUT2D eigenvalue weighted by Crippen LogP contribution is -2.30. The zero-order valence-corrected chi connectivity index (χ0v) is 5.41. The third-order valence-corrected chi connectivity index (χ3v) is 2.18. The van der Waals surface area contributed by atoms with Crippen molar-refractivity contribution >= 4 is 6.16 Å². The molecule has 2 aliphatic rings. The molecule has 4 heteroatoms. The van der Waals surface area contributed by atoms with Crippen molar-refractivity contribution in [3.05, 3.63) is 0 Å². The first-order chi connectivity index (χ1) is 4.77. The van der Waals surface area contributed by atoms with Gasteiger partial charge in [0.15, 0.2) is 6.23 Å². The number of fused-ring (bicyclic) bond motifs is 1. The van der Waals surface area contributed by atoms with Gasteiger partial charge >= 0.3 is 6.16 Å². The average Bonchev–Trinajstić information content (AvgIpc) is 2.52. The normalized spacial score (nSPS) is 42.6. The second kappa shape index (κ2) is 1.85. The minimum Gasteiger partial charge on any atom is -0.450 e. The van der Waals surface area contributed by atoms with Gasteiger partial charge in [0, 0.05) is 12.5 Å². The van der Waals surface area contributed by atoms with E-state index in [2.05, 4.69) is 10.1 Å². The molecule has 0 radical (unpaired) electrons. The molecule has 2 rings (SSSR count). The molecule has 3 atom stereocenters. The molecule has 0 spiro atoms. The first-order valence-corrected chi connectivity index (χ1v) is 3.40. The highest BCUT2D eigenvalue weighted by atomic mass is 16.7. The van der Waals surface area contributed by atoms with Crippen molar-refractivity contribution in [2.75, 3.05) is 6.54 Å². The smallest absolute Gasteiger partial charge is 0.450 e. The molecule has 2 N–H and O–H groups in total. The lowest BCUT2D eigenvalue weighted by molar-refractivity contribution is 0.0358. The summed E-state index contributed by atoms with van der Waals surface area (Å²) in [6.07, 6.45) is -0.266. The van der Waals surface area contributed by atoms with Gasteiger partial charge in [-0.3, -0.25) is 5.32 Å². The molecule has 1 unspecified atom stereocenters. The van der Waals surface area contributed by atoms with Gasteiger partial charge in [0.1, 0.15) is 0 Å². The van der Waals surface area contributed by atoms with Gasteiger partial charge in [0.25, 0.3) is 0 Å². The van der Waals surface area contributed by atoms with E-state index in [-0.39, 0.29) is 6.23 Å². The Balaban J connectivity index is 1.88. The Morgan fingerprint density at radius 1 is 1.70 bits per heavy atom. The molecule has 1 heterocycles. The van der Waals surface area contributed by atoms with Gasteiger partial charge < -0.3 is 9.84 Å². The molecular weight excluding hydrogens is 134 g/mol. The third kappa shape index (κ3) is 0.844. The van der Waals surface area contributed by atoms with Crippen LogP contribution in [0.4, 0.5) is 4.79 Å². The highest BCUT2D eigenvalue weighted by Gasteiger charge is 2.50. The Morgan fingerprint density at radius 2 is 2.50 bits per heavy atom. The molecule has 56 valence electrons. The van der Waals surface area contributed by atoms with Crippen molar-refractivity contribution in [2.45, 2.75) is 12.6 Å². The van der Waals surface area contributed by atoms with Crippen molar-refractivity contribution in [1.82, 2.24) is 5.32 Å². The van der Waals surface area contributed by atoms with Crippen LogP contribution in [0.5, 0.6) is 0 Å². The summed E-state index contributed by atoms with van der Waals surface area (Å²) >= 11 is 0. The molecule has 1 aliphatic heterocycles. The van der Waals surface area contributed by atoms with E-state index in [0.29, 0.717) is 11.8 Å². The van der Waals surface area contributed by atoms with Crippen LogP contribution in [0.3, 0.4) is 0 Å². The molecule has 0 amide bonds. The summed E-state index contributed by atoms with van der Waals surface area (Å²) in [6.45, 7) is 0.919. The first kappa shape index (κ1) is 5.97. The number of hydrogen-bond donors (Lipinski definition) is 2. The lowest BCUT2D eigenvalue weighted by atomic mass is 10.4. The number of rotatable bonds is 1. The Kier molecular flexibility index (Phi) is 1.11. The van der Waals surface area contributed by atoms with E-state index in [1.807, 2.05) is 0 Å². The van der Waals surface area contributed by atoms with Gasteiger partial charge in [-0.15, -0.1) is 0 Å². The van der Waals surface area contributed by atoms with E-state index in [0.717, 1.165) is 13.0 Å². The van der Waals surface area contributed by atoms with Crippen LogP contribution in [0.15, 0.2) is 0 Å². The van der Waals surface area contributed by atoms with E-state index < -0.39 is 6.16 Å². The Hall–Kier alpha value is -0.770. The molecule has 0 bridgehead atoms. The highest BCUT2D eigenvalue weighted by Crippen LogP contribution is 2.45. The van der Waals surface area contributed by atoms with E-state index in [9.17, 15) is 4.79 Å². The zero-order chi connectivity index (χ0) is 7.14. The minimum absolute atomic E-state index is 0.220. The van der Waals surface area contributed by atoms with E-state index >= 15 is 0 Å². The second-order valence-electron chi connectivity index (χ2n) is 2.87. The molecule has 0 aromatic rings. The average molecular weight is 143 g/mol. The van der Waals surface area contributed by atoms with E-state index in [4.69, 9.17) is 5.11 Å². The molecule has 1 saturated heterocycles. The Bertz CT molecular complexity index is 170. The third-order valence-electron chi connectivity index (χ3n) is 2.18. The molecule has 0 aromatic carbocycles. The monoisotopic (exact) mass is 143 g/mol. The molecule has 1 saturated carbocycles. The number of ether oxygens (including phenoxy) is 1. The molecule has 4 nitrogen and oxygen atoms in total. The summed E-state index contributed by atoms with van der Waals surface area (Å²) in [7, 11) is 0. The second-order valence-corrected chi connectivity index (χ2v) is 2.87. The summed E-state index contributed by atoms with van der Waals surface area (Å²) in [5.74, 6) is 1.15. The predicted octanol–water partition coefficient (Wildman–Crippen LogP) is 0.246. The molecule has 10 heavy (non-hydrogen) atoms. The SMILES string of the molecule is O=C(O)OC1NC[C@@H]2C[C@@H]12. The Morgan fingerprint density at radius 3 is 2.90 bits per heavy atom. The summed E-state index contributed by atoms with van der Waals surface area (Å²) in [5.41, 5.74) is 0. The molecule has 1 aliphatic carbocycles. The van der Waals surface area contributed by atoms with Crippen LogP contribution in [0.25, 0.3) is 0 Å². The standard InChI is InChI=1S/C6H9NO3/c8-6(9)10-5-4-1-3(4)2-7-5/h3-5,7H,1-2H2,(H,8,9)/t3-,4+,5?/m0/s1. The van der Waals surface area contributed by atoms with Gasteiger partial charge in [-0.2, -0.15) is 0 Å². The first-order valence-electron chi connectivity index (χ1n) is 3.40. The number of hydrogen-bond acceptors (Lipinski definition) is 3. The van der Waals surface area contributed by atoms with Gasteiger partial charge in [-0.05, 0) is 12.3 Å². The van der Waals surface area contributed by atoms with Crippen molar-refractivity contribution in [3.63, 3.8) is 0 Å².